The lowest BCUT2D eigenvalue weighted by Crippen LogP contribution is -2.21. The van der Waals surface area contributed by atoms with Crippen LogP contribution in [-0.4, -0.2) is 25.8 Å². The fraction of sp³-hybridized carbons (Fsp3) is 0.278. The lowest BCUT2D eigenvalue weighted by Gasteiger charge is -2.08. The summed E-state index contributed by atoms with van der Waals surface area (Å²) in [6.45, 7) is 4.16. The Morgan fingerprint density at radius 2 is 1.92 bits per heavy atom. The summed E-state index contributed by atoms with van der Waals surface area (Å²) >= 11 is 1.33. The molecule has 3 aromatic rings. The number of hydrogen-bond acceptors (Lipinski definition) is 5. The smallest absolute Gasteiger partial charge is 0.237 e. The van der Waals surface area contributed by atoms with E-state index in [-0.39, 0.29) is 12.4 Å². The highest BCUT2D eigenvalue weighted by atomic mass is 32.2. The van der Waals surface area contributed by atoms with Crippen LogP contribution in [-0.2, 0) is 16.4 Å². The van der Waals surface area contributed by atoms with E-state index in [9.17, 15) is 8.42 Å². The van der Waals surface area contributed by atoms with Crippen LogP contribution in [0.3, 0.4) is 0 Å². The third-order valence-electron chi connectivity index (χ3n) is 3.74. The SMILES string of the molecule is CCc1ccc(OCCS(=O)(=O)Nc2nc3ccc(C)cc3s2)cc1. The number of aryl methyl sites for hydroxylation is 2. The van der Waals surface area contributed by atoms with Crippen molar-refractivity contribution in [2.24, 2.45) is 0 Å². The number of aromatic nitrogens is 1. The van der Waals surface area contributed by atoms with Gasteiger partial charge in [0, 0.05) is 0 Å². The van der Waals surface area contributed by atoms with Crippen LogP contribution >= 0.6 is 11.3 Å². The van der Waals surface area contributed by atoms with Crippen molar-refractivity contribution in [1.82, 2.24) is 4.98 Å². The first-order valence-electron chi connectivity index (χ1n) is 8.04. The van der Waals surface area contributed by atoms with Gasteiger partial charge in [0.2, 0.25) is 10.0 Å². The molecule has 0 aliphatic rings. The number of nitrogens with zero attached hydrogens (tertiary/aromatic N) is 1. The molecule has 7 heteroatoms. The van der Waals surface area contributed by atoms with Crippen LogP contribution in [0.4, 0.5) is 5.13 Å². The first-order chi connectivity index (χ1) is 11.9. The number of thiazole rings is 1. The lowest BCUT2D eigenvalue weighted by molar-refractivity contribution is 0.341. The average molecular weight is 377 g/mol. The highest BCUT2D eigenvalue weighted by Crippen LogP contribution is 2.27. The van der Waals surface area contributed by atoms with Crippen molar-refractivity contribution in [3.8, 4) is 5.75 Å². The topological polar surface area (TPSA) is 68.3 Å². The molecule has 0 saturated carbocycles. The third-order valence-corrected chi connectivity index (χ3v) is 6.01. The van der Waals surface area contributed by atoms with Gasteiger partial charge in [0.05, 0.1) is 10.2 Å². The van der Waals surface area contributed by atoms with Crippen LogP contribution < -0.4 is 9.46 Å². The first-order valence-corrected chi connectivity index (χ1v) is 10.5. The fourth-order valence-corrected chi connectivity index (χ4v) is 4.43. The number of ether oxygens (including phenoxy) is 1. The molecule has 132 valence electrons. The van der Waals surface area contributed by atoms with Gasteiger partial charge in [0.25, 0.3) is 0 Å². The maximum absolute atomic E-state index is 12.2. The van der Waals surface area contributed by atoms with Crippen molar-refractivity contribution in [3.05, 3.63) is 53.6 Å². The molecule has 0 atom stereocenters. The Kier molecular flexibility index (Phi) is 5.24. The van der Waals surface area contributed by atoms with Gasteiger partial charge in [0.15, 0.2) is 5.13 Å². The molecule has 25 heavy (non-hydrogen) atoms. The molecule has 0 spiro atoms. The molecule has 0 amide bonds. The van der Waals surface area contributed by atoms with Gasteiger partial charge in [-0.05, 0) is 48.7 Å². The first kappa shape index (κ1) is 17.7. The molecular formula is C18H20N2O3S2. The second-order valence-corrected chi connectivity index (χ2v) is 8.63. The zero-order chi connectivity index (χ0) is 17.9. The average Bonchev–Trinajstić information content (AvgIpc) is 2.95. The number of nitrogens with one attached hydrogen (secondary N) is 1. The van der Waals surface area contributed by atoms with Crippen LogP contribution in [0, 0.1) is 6.92 Å². The quantitative estimate of drug-likeness (QED) is 0.677. The predicted octanol–water partition coefficient (Wildman–Crippen LogP) is 3.99. The second-order valence-electron chi connectivity index (χ2n) is 5.76. The van der Waals surface area contributed by atoms with E-state index < -0.39 is 10.0 Å². The Labute approximate surface area is 151 Å². The van der Waals surface area contributed by atoms with E-state index in [1.807, 2.05) is 49.4 Å². The van der Waals surface area contributed by atoms with Crippen LogP contribution in [0.2, 0.25) is 0 Å². The molecule has 3 rings (SSSR count). The zero-order valence-corrected chi connectivity index (χ0v) is 15.8. The van der Waals surface area contributed by atoms with E-state index in [0.29, 0.717) is 10.9 Å². The number of anilines is 1. The van der Waals surface area contributed by atoms with Gasteiger partial charge in [-0.1, -0.05) is 36.5 Å². The highest BCUT2D eigenvalue weighted by molar-refractivity contribution is 7.92. The second kappa shape index (κ2) is 7.41. The van der Waals surface area contributed by atoms with Crippen molar-refractivity contribution in [1.29, 1.82) is 0 Å². The van der Waals surface area contributed by atoms with Crippen molar-refractivity contribution >= 4 is 36.7 Å². The summed E-state index contributed by atoms with van der Waals surface area (Å²) < 4.78 is 33.4. The molecule has 0 bridgehead atoms. The van der Waals surface area contributed by atoms with Crippen LogP contribution in [0.25, 0.3) is 10.2 Å². The molecule has 0 aliphatic heterocycles. The molecule has 2 aromatic carbocycles. The van der Waals surface area contributed by atoms with E-state index in [1.165, 1.54) is 16.9 Å². The Hall–Kier alpha value is -2.12. The Bertz CT molecular complexity index is 964. The predicted molar refractivity (Wildman–Crippen MR) is 103 cm³/mol. The number of benzene rings is 2. The van der Waals surface area contributed by atoms with Crippen LogP contribution in [0.15, 0.2) is 42.5 Å². The molecule has 0 fully saturated rings. The summed E-state index contributed by atoms with van der Waals surface area (Å²) in [4.78, 5) is 4.31. The Morgan fingerprint density at radius 1 is 1.16 bits per heavy atom. The Morgan fingerprint density at radius 3 is 2.64 bits per heavy atom. The summed E-state index contributed by atoms with van der Waals surface area (Å²) in [7, 11) is -3.50. The minimum Gasteiger partial charge on any atom is -0.492 e. The molecule has 0 saturated heterocycles. The van der Waals surface area contributed by atoms with Gasteiger partial charge in [-0.25, -0.2) is 13.4 Å². The van der Waals surface area contributed by atoms with Gasteiger partial charge in [0.1, 0.15) is 18.1 Å². The minimum absolute atomic E-state index is 0.0881. The number of rotatable bonds is 7. The standard InChI is InChI=1S/C18H20N2O3S2/c1-3-14-5-7-15(8-6-14)23-10-11-25(21,22)20-18-19-16-9-4-13(2)12-17(16)24-18/h4-9,12H,3,10-11H2,1-2H3,(H,19,20). The summed E-state index contributed by atoms with van der Waals surface area (Å²) in [6.07, 6.45) is 0.959. The van der Waals surface area contributed by atoms with Gasteiger partial charge < -0.3 is 4.74 Å². The maximum Gasteiger partial charge on any atom is 0.237 e. The molecule has 0 radical (unpaired) electrons. The summed E-state index contributed by atoms with van der Waals surface area (Å²) in [5, 5.41) is 0.382. The minimum atomic E-state index is -3.50. The van der Waals surface area contributed by atoms with Gasteiger partial charge in [-0.15, -0.1) is 0 Å². The van der Waals surface area contributed by atoms with Gasteiger partial charge in [-0.3, -0.25) is 4.72 Å². The molecule has 0 unspecified atom stereocenters. The molecular weight excluding hydrogens is 356 g/mol. The molecule has 1 heterocycles. The fourth-order valence-electron chi connectivity index (χ4n) is 2.35. The van der Waals surface area contributed by atoms with Crippen molar-refractivity contribution in [2.75, 3.05) is 17.1 Å². The van der Waals surface area contributed by atoms with Crippen molar-refractivity contribution < 1.29 is 13.2 Å². The zero-order valence-electron chi connectivity index (χ0n) is 14.2. The lowest BCUT2D eigenvalue weighted by atomic mass is 10.2. The van der Waals surface area contributed by atoms with Gasteiger partial charge in [-0.2, -0.15) is 0 Å². The van der Waals surface area contributed by atoms with E-state index in [4.69, 9.17) is 4.74 Å². The van der Waals surface area contributed by atoms with Crippen LogP contribution in [0.1, 0.15) is 18.1 Å². The van der Waals surface area contributed by atoms with E-state index in [2.05, 4.69) is 16.6 Å². The number of hydrogen-bond donors (Lipinski definition) is 1. The van der Waals surface area contributed by atoms with Crippen molar-refractivity contribution in [2.45, 2.75) is 20.3 Å². The summed E-state index contributed by atoms with van der Waals surface area (Å²) in [5.41, 5.74) is 3.13. The molecule has 1 aromatic heterocycles. The number of fused-ring (bicyclic) bond motifs is 1. The number of sulfonamides is 1. The maximum atomic E-state index is 12.2. The van der Waals surface area contributed by atoms with E-state index in [0.717, 1.165) is 22.2 Å². The van der Waals surface area contributed by atoms with Gasteiger partial charge >= 0.3 is 0 Å². The van der Waals surface area contributed by atoms with E-state index >= 15 is 0 Å². The largest absolute Gasteiger partial charge is 0.492 e. The third kappa shape index (κ3) is 4.70. The molecule has 5 nitrogen and oxygen atoms in total. The van der Waals surface area contributed by atoms with Crippen LogP contribution in [0.5, 0.6) is 5.75 Å². The summed E-state index contributed by atoms with van der Waals surface area (Å²) in [5.74, 6) is 0.542. The molecule has 1 N–H and O–H groups in total. The monoisotopic (exact) mass is 376 g/mol. The Balaban J connectivity index is 1.58. The summed E-state index contributed by atoms with van der Waals surface area (Å²) in [6, 6.07) is 13.5. The normalized spacial score (nSPS) is 11.6. The highest BCUT2D eigenvalue weighted by Gasteiger charge is 2.14. The van der Waals surface area contributed by atoms with E-state index in [1.54, 1.807) is 0 Å². The van der Waals surface area contributed by atoms with Crippen molar-refractivity contribution in [3.63, 3.8) is 0 Å². The molecule has 0 aliphatic carbocycles.